The van der Waals surface area contributed by atoms with Gasteiger partial charge in [-0.05, 0) is 94.1 Å². The highest BCUT2D eigenvalue weighted by molar-refractivity contribution is 14.1. The van der Waals surface area contributed by atoms with Gasteiger partial charge in [0, 0.05) is 15.6 Å². The maximum absolute atomic E-state index is 14.2. The second-order valence-corrected chi connectivity index (χ2v) is 13.8. The average Bonchev–Trinajstić information content (AvgIpc) is 3.37. The quantitative estimate of drug-likeness (QED) is 0.172. The standard InChI is InChI=1S/C36H25BrIN3O3S/c1-43-30-17-21(16-29(38)34(30)44-20-25-8-3-2-7-24(25)19-39)18-31-35(42)41-33(23-10-13-26(37)14-11-23)28-15-12-22-6-4-5-9-27(22)32(28)40-36(41)45-31/h2-11,13-14,16-18,33H,12,15,20H2,1H3/b31-18-/t33-/m1/s1. The fourth-order valence-corrected chi connectivity index (χ4v) is 8.03. The number of benzene rings is 4. The van der Waals surface area contributed by atoms with Crippen LogP contribution in [0.3, 0.4) is 0 Å². The van der Waals surface area contributed by atoms with E-state index in [1.165, 1.54) is 22.5 Å². The first-order valence-electron chi connectivity index (χ1n) is 14.3. The number of hydrogen-bond donors (Lipinski definition) is 0. The number of aryl methyl sites for hydroxylation is 1. The van der Waals surface area contributed by atoms with Gasteiger partial charge < -0.3 is 9.47 Å². The van der Waals surface area contributed by atoms with Gasteiger partial charge in [-0.1, -0.05) is 81.9 Å². The molecule has 0 fully saturated rings. The third-order valence-electron chi connectivity index (χ3n) is 8.12. The first-order valence-corrected chi connectivity index (χ1v) is 17.0. The van der Waals surface area contributed by atoms with Gasteiger partial charge in [0.2, 0.25) is 0 Å². The third kappa shape index (κ3) is 5.56. The van der Waals surface area contributed by atoms with Gasteiger partial charge in [-0.15, -0.1) is 0 Å². The summed E-state index contributed by atoms with van der Waals surface area (Å²) >= 11 is 7.19. The number of aromatic nitrogens is 1. The molecule has 1 aliphatic heterocycles. The monoisotopic (exact) mass is 785 g/mol. The Hall–Kier alpha value is -3.98. The molecule has 1 aliphatic carbocycles. The first kappa shape index (κ1) is 29.7. The molecule has 9 heteroatoms. The van der Waals surface area contributed by atoms with Crippen LogP contribution in [0.2, 0.25) is 0 Å². The van der Waals surface area contributed by atoms with Gasteiger partial charge in [0.05, 0.1) is 38.6 Å². The van der Waals surface area contributed by atoms with Crippen LogP contribution in [0.25, 0.3) is 11.8 Å². The molecule has 0 unspecified atom stereocenters. The number of nitriles is 1. The van der Waals surface area contributed by atoms with Crippen molar-refractivity contribution in [2.75, 3.05) is 7.11 Å². The summed E-state index contributed by atoms with van der Waals surface area (Å²) in [5, 5.41) is 9.45. The Labute approximate surface area is 285 Å². The van der Waals surface area contributed by atoms with E-state index in [9.17, 15) is 10.1 Å². The van der Waals surface area contributed by atoms with Gasteiger partial charge in [-0.25, -0.2) is 4.99 Å². The number of methoxy groups -OCH3 is 1. The highest BCUT2D eigenvalue weighted by atomic mass is 127. The van der Waals surface area contributed by atoms with E-state index in [0.29, 0.717) is 26.4 Å². The van der Waals surface area contributed by atoms with Crippen LogP contribution in [-0.2, 0) is 13.0 Å². The molecule has 7 rings (SSSR count). The van der Waals surface area contributed by atoms with E-state index >= 15 is 0 Å². The van der Waals surface area contributed by atoms with Crippen molar-refractivity contribution in [3.8, 4) is 17.6 Å². The Bertz CT molecular complexity index is 2230. The van der Waals surface area contributed by atoms with Crippen LogP contribution in [0.5, 0.6) is 11.5 Å². The highest BCUT2D eigenvalue weighted by Gasteiger charge is 2.32. The average molecular weight is 786 g/mol. The smallest absolute Gasteiger partial charge is 0.271 e. The molecule has 6 nitrogen and oxygen atoms in total. The molecule has 0 spiro atoms. The van der Waals surface area contributed by atoms with E-state index < -0.39 is 0 Å². The van der Waals surface area contributed by atoms with Crippen molar-refractivity contribution in [2.24, 2.45) is 4.99 Å². The van der Waals surface area contributed by atoms with Gasteiger partial charge in [-0.3, -0.25) is 9.36 Å². The number of ether oxygens (including phenoxy) is 2. The Balaban J connectivity index is 1.32. The summed E-state index contributed by atoms with van der Waals surface area (Å²) in [6.07, 6.45) is 3.66. The van der Waals surface area contributed by atoms with Gasteiger partial charge in [0.1, 0.15) is 6.61 Å². The predicted molar refractivity (Wildman–Crippen MR) is 188 cm³/mol. The first-order chi connectivity index (χ1) is 21.9. The number of allylic oxidation sites excluding steroid dienone is 1. The Morgan fingerprint density at radius 2 is 1.87 bits per heavy atom. The Kier molecular flexibility index (Phi) is 8.21. The molecule has 0 saturated carbocycles. The lowest BCUT2D eigenvalue weighted by Crippen LogP contribution is -2.38. The largest absolute Gasteiger partial charge is 0.493 e. The molecule has 0 radical (unpaired) electrons. The summed E-state index contributed by atoms with van der Waals surface area (Å²) in [5.41, 5.74) is 7.76. The minimum absolute atomic E-state index is 0.0699. The third-order valence-corrected chi connectivity index (χ3v) is 10.4. The van der Waals surface area contributed by atoms with Crippen LogP contribution in [0.1, 0.15) is 45.8 Å². The van der Waals surface area contributed by atoms with E-state index in [4.69, 9.17) is 14.5 Å². The topological polar surface area (TPSA) is 76.6 Å². The lowest BCUT2D eigenvalue weighted by atomic mass is 9.83. The molecule has 45 heavy (non-hydrogen) atoms. The van der Waals surface area contributed by atoms with Crippen molar-refractivity contribution in [1.82, 2.24) is 4.57 Å². The van der Waals surface area contributed by atoms with Crippen molar-refractivity contribution in [3.05, 3.63) is 152 Å². The van der Waals surface area contributed by atoms with E-state index in [2.05, 4.69) is 81.0 Å². The molecule has 2 heterocycles. The summed E-state index contributed by atoms with van der Waals surface area (Å²) < 4.78 is 16.2. The summed E-state index contributed by atoms with van der Waals surface area (Å²) in [7, 11) is 1.60. The molecule has 222 valence electrons. The normalized spacial score (nSPS) is 15.4. The molecule has 0 bridgehead atoms. The van der Waals surface area contributed by atoms with Crippen LogP contribution in [-0.4, -0.2) is 11.7 Å². The molecular weight excluding hydrogens is 761 g/mol. The second kappa shape index (κ2) is 12.4. The van der Waals surface area contributed by atoms with E-state index in [1.54, 1.807) is 13.2 Å². The lowest BCUT2D eigenvalue weighted by molar-refractivity contribution is 0.282. The van der Waals surface area contributed by atoms with Crippen molar-refractivity contribution in [3.63, 3.8) is 0 Å². The minimum atomic E-state index is -0.235. The number of halogens is 2. The predicted octanol–water partition coefficient (Wildman–Crippen LogP) is 7.15. The fraction of sp³-hybridized carbons (Fsp3) is 0.139. The molecule has 0 amide bonds. The molecular formula is C36H25BrIN3O3S. The van der Waals surface area contributed by atoms with Crippen LogP contribution in [0.15, 0.2) is 105 Å². The highest BCUT2D eigenvalue weighted by Crippen LogP contribution is 2.41. The summed E-state index contributed by atoms with van der Waals surface area (Å²) in [6.45, 7) is 0.234. The van der Waals surface area contributed by atoms with Gasteiger partial charge in [0.25, 0.3) is 5.56 Å². The molecule has 5 aromatic rings. The molecule has 2 aliphatic rings. The molecule has 0 saturated heterocycles. The maximum Gasteiger partial charge on any atom is 0.271 e. The van der Waals surface area contributed by atoms with Crippen molar-refractivity contribution < 1.29 is 9.47 Å². The number of thiazole rings is 1. The van der Waals surface area contributed by atoms with E-state index in [-0.39, 0.29) is 18.2 Å². The number of hydrogen-bond acceptors (Lipinski definition) is 6. The summed E-state index contributed by atoms with van der Waals surface area (Å²) in [5.74, 6) is 1.14. The zero-order chi connectivity index (χ0) is 31.1. The summed E-state index contributed by atoms with van der Waals surface area (Å²) in [6, 6.07) is 29.9. The fourth-order valence-electron chi connectivity index (χ4n) is 5.99. The maximum atomic E-state index is 14.2. The van der Waals surface area contributed by atoms with Crippen molar-refractivity contribution >= 4 is 61.6 Å². The Morgan fingerprint density at radius 1 is 1.09 bits per heavy atom. The van der Waals surface area contributed by atoms with Crippen LogP contribution in [0.4, 0.5) is 0 Å². The molecule has 0 N–H and O–H groups in total. The van der Waals surface area contributed by atoms with Gasteiger partial charge in [-0.2, -0.15) is 5.26 Å². The van der Waals surface area contributed by atoms with E-state index in [1.807, 2.05) is 53.1 Å². The van der Waals surface area contributed by atoms with Crippen LogP contribution < -0.4 is 24.4 Å². The van der Waals surface area contributed by atoms with Crippen molar-refractivity contribution in [2.45, 2.75) is 25.5 Å². The molecule has 1 aromatic heterocycles. The van der Waals surface area contributed by atoms with Gasteiger partial charge >= 0.3 is 0 Å². The van der Waals surface area contributed by atoms with Gasteiger partial charge in [0.15, 0.2) is 16.3 Å². The number of fused-ring (bicyclic) bond motifs is 3. The second-order valence-electron chi connectivity index (χ2n) is 10.8. The van der Waals surface area contributed by atoms with Crippen LogP contribution in [0, 0.1) is 14.9 Å². The molecule has 1 atom stereocenters. The summed E-state index contributed by atoms with van der Waals surface area (Å²) in [4.78, 5) is 20.0. The Morgan fingerprint density at radius 3 is 2.67 bits per heavy atom. The SMILES string of the molecule is COc1cc(/C=c2\sc3n(c2=O)[C@H](c2ccc(Br)cc2)C2=C(N=3)c3ccccc3CC2)cc(I)c1OCc1ccccc1C#N. The number of rotatable bonds is 6. The molecule has 4 aromatic carbocycles. The zero-order valence-corrected chi connectivity index (χ0v) is 28.6. The minimum Gasteiger partial charge on any atom is -0.493 e. The zero-order valence-electron chi connectivity index (χ0n) is 24.1. The van der Waals surface area contributed by atoms with Crippen LogP contribution >= 0.6 is 49.9 Å². The van der Waals surface area contributed by atoms with Crippen molar-refractivity contribution in [1.29, 1.82) is 5.26 Å². The van der Waals surface area contributed by atoms with E-state index in [0.717, 1.165) is 48.8 Å². The lowest BCUT2D eigenvalue weighted by Gasteiger charge is -2.30. The number of nitrogens with zero attached hydrogens (tertiary/aromatic N) is 3.